The van der Waals surface area contributed by atoms with Gasteiger partial charge in [0.25, 0.3) is 4.84 Å². The van der Waals surface area contributed by atoms with Gasteiger partial charge in [-0.1, -0.05) is 39.0 Å². The Morgan fingerprint density at radius 3 is 2.87 bits per heavy atom. The third-order valence-electron chi connectivity index (χ3n) is 2.07. The van der Waals surface area contributed by atoms with Crippen molar-refractivity contribution in [3.05, 3.63) is 34.5 Å². The number of fused-ring (bicyclic) bond motifs is 1. The third kappa shape index (κ3) is 3.20. The molecule has 0 amide bonds. The summed E-state index contributed by atoms with van der Waals surface area (Å²) in [5, 5.41) is 0. The van der Waals surface area contributed by atoms with Crippen molar-refractivity contribution in [1.29, 1.82) is 0 Å². The van der Waals surface area contributed by atoms with Crippen LogP contribution in [-0.4, -0.2) is 4.98 Å². The summed E-state index contributed by atoms with van der Waals surface area (Å²) >= 11 is 4.92. The lowest BCUT2D eigenvalue weighted by Gasteiger charge is -2.01. The van der Waals surface area contributed by atoms with Gasteiger partial charge in [0.15, 0.2) is 0 Å². The normalized spacial score (nSPS) is 20.6. The largest absolute Gasteiger partial charge is 0.430 e. The van der Waals surface area contributed by atoms with E-state index in [2.05, 4.69) is 30.1 Å². The molecular formula is C12H17NOS. The lowest BCUT2D eigenvalue weighted by atomic mass is 10.1. The van der Waals surface area contributed by atoms with E-state index in [0.717, 1.165) is 17.9 Å². The lowest BCUT2D eigenvalue weighted by molar-refractivity contribution is 0.530. The number of hydrogen-bond acceptors (Lipinski definition) is 2. The van der Waals surface area contributed by atoms with Gasteiger partial charge in [-0.2, -0.15) is 0 Å². The van der Waals surface area contributed by atoms with Crippen molar-refractivity contribution in [2.24, 2.45) is 5.92 Å². The first kappa shape index (κ1) is 12.0. The van der Waals surface area contributed by atoms with Crippen molar-refractivity contribution in [3.8, 4) is 0 Å². The highest BCUT2D eigenvalue weighted by Crippen LogP contribution is 2.16. The van der Waals surface area contributed by atoms with Crippen molar-refractivity contribution >= 4 is 18.3 Å². The van der Waals surface area contributed by atoms with Crippen molar-refractivity contribution < 1.29 is 4.42 Å². The van der Waals surface area contributed by atoms with Crippen LogP contribution < -0.4 is 0 Å². The minimum atomic E-state index is 0.456. The SMILES string of the molecule is CC.CC1C=CCc2[nH]c(=S)oc2/C=C\1. The highest BCUT2D eigenvalue weighted by Gasteiger charge is 2.05. The minimum absolute atomic E-state index is 0.456. The molecule has 0 bridgehead atoms. The second-order valence-corrected chi connectivity index (χ2v) is 3.58. The summed E-state index contributed by atoms with van der Waals surface area (Å²) in [5.41, 5.74) is 1.06. The van der Waals surface area contributed by atoms with Crippen LogP contribution in [0.3, 0.4) is 0 Å². The van der Waals surface area contributed by atoms with Gasteiger partial charge in [-0.05, 0) is 24.2 Å². The van der Waals surface area contributed by atoms with E-state index in [1.54, 1.807) is 0 Å². The van der Waals surface area contributed by atoms with Crippen LogP contribution >= 0.6 is 12.2 Å². The number of oxazole rings is 1. The molecule has 1 aliphatic carbocycles. The number of aromatic nitrogens is 1. The molecule has 15 heavy (non-hydrogen) atoms. The van der Waals surface area contributed by atoms with Gasteiger partial charge < -0.3 is 9.40 Å². The van der Waals surface area contributed by atoms with E-state index in [-0.39, 0.29) is 0 Å². The number of nitrogens with one attached hydrogen (secondary N) is 1. The fourth-order valence-corrected chi connectivity index (χ4v) is 1.57. The lowest BCUT2D eigenvalue weighted by Crippen LogP contribution is -1.90. The van der Waals surface area contributed by atoms with Gasteiger partial charge in [-0.25, -0.2) is 0 Å². The van der Waals surface area contributed by atoms with Crippen molar-refractivity contribution in [3.63, 3.8) is 0 Å². The predicted molar refractivity (Wildman–Crippen MR) is 66.3 cm³/mol. The molecule has 3 heteroatoms. The maximum Gasteiger partial charge on any atom is 0.266 e. The second-order valence-electron chi connectivity index (χ2n) is 3.21. The number of allylic oxidation sites excluding steroid dienone is 3. The highest BCUT2D eigenvalue weighted by molar-refractivity contribution is 7.71. The Hall–Kier alpha value is -1.09. The molecule has 0 saturated carbocycles. The summed E-state index contributed by atoms with van der Waals surface area (Å²) < 4.78 is 5.33. The molecule has 2 rings (SSSR count). The number of rotatable bonds is 0. The fraction of sp³-hybridized carbons (Fsp3) is 0.417. The van der Waals surface area contributed by atoms with Gasteiger partial charge in [0.05, 0.1) is 5.69 Å². The van der Waals surface area contributed by atoms with E-state index in [9.17, 15) is 0 Å². The zero-order chi connectivity index (χ0) is 11.3. The van der Waals surface area contributed by atoms with Crippen LogP contribution in [0.25, 0.3) is 6.08 Å². The van der Waals surface area contributed by atoms with Crippen LogP contribution in [0, 0.1) is 10.8 Å². The first-order valence-corrected chi connectivity index (χ1v) is 5.73. The Labute approximate surface area is 95.7 Å². The standard InChI is InChI=1S/C10H11NOS.C2H6/c1-7-3-2-4-8-9(6-5-7)12-10(13)11-8;1-2/h2-3,5-7H,4H2,1H3,(H,11,13);1-2H3/b3-2?,6-5-;. The molecule has 0 saturated heterocycles. The van der Waals surface area contributed by atoms with Crippen LogP contribution in [0.1, 0.15) is 32.2 Å². The van der Waals surface area contributed by atoms with Gasteiger partial charge in [0.1, 0.15) is 5.76 Å². The Balaban J connectivity index is 0.000000531. The minimum Gasteiger partial charge on any atom is -0.430 e. The van der Waals surface area contributed by atoms with Crippen LogP contribution in [0.15, 0.2) is 22.6 Å². The molecule has 0 fully saturated rings. The topological polar surface area (TPSA) is 28.9 Å². The average Bonchev–Trinajstić information content (AvgIpc) is 2.56. The molecule has 0 radical (unpaired) electrons. The Kier molecular flexibility index (Phi) is 4.56. The maximum absolute atomic E-state index is 5.33. The van der Waals surface area contributed by atoms with Crippen molar-refractivity contribution in [2.75, 3.05) is 0 Å². The Morgan fingerprint density at radius 2 is 2.13 bits per heavy atom. The molecular weight excluding hydrogens is 206 g/mol. The molecule has 1 aromatic rings. The zero-order valence-electron chi connectivity index (χ0n) is 9.41. The van der Waals surface area contributed by atoms with Crippen LogP contribution in [-0.2, 0) is 6.42 Å². The van der Waals surface area contributed by atoms with E-state index < -0.39 is 0 Å². The summed E-state index contributed by atoms with van der Waals surface area (Å²) in [6, 6.07) is 0. The van der Waals surface area contributed by atoms with Gasteiger partial charge in [0.2, 0.25) is 0 Å². The monoisotopic (exact) mass is 223 g/mol. The second kappa shape index (κ2) is 5.71. The van der Waals surface area contributed by atoms with E-state index >= 15 is 0 Å². The molecule has 1 N–H and O–H groups in total. The predicted octanol–water partition coefficient (Wildman–Crippen LogP) is 4.12. The average molecular weight is 223 g/mol. The molecule has 0 aliphatic heterocycles. The molecule has 1 aliphatic rings. The van der Waals surface area contributed by atoms with Gasteiger partial charge >= 0.3 is 0 Å². The smallest absolute Gasteiger partial charge is 0.266 e. The number of H-pyrrole nitrogens is 1. The summed E-state index contributed by atoms with van der Waals surface area (Å²) in [6.07, 6.45) is 9.25. The zero-order valence-corrected chi connectivity index (χ0v) is 10.2. The Morgan fingerprint density at radius 1 is 1.40 bits per heavy atom. The number of aromatic amines is 1. The van der Waals surface area contributed by atoms with Crippen molar-refractivity contribution in [1.82, 2.24) is 4.98 Å². The summed E-state index contributed by atoms with van der Waals surface area (Å²) in [5.74, 6) is 1.33. The van der Waals surface area contributed by atoms with Gasteiger partial charge in [0, 0.05) is 6.42 Å². The summed E-state index contributed by atoms with van der Waals surface area (Å²) in [7, 11) is 0. The van der Waals surface area contributed by atoms with E-state index in [1.165, 1.54) is 0 Å². The van der Waals surface area contributed by atoms with Crippen molar-refractivity contribution in [2.45, 2.75) is 27.2 Å². The first-order valence-electron chi connectivity index (χ1n) is 5.32. The van der Waals surface area contributed by atoms with Gasteiger partial charge in [-0.3, -0.25) is 0 Å². The third-order valence-corrected chi connectivity index (χ3v) is 2.25. The van der Waals surface area contributed by atoms with E-state index in [0.29, 0.717) is 10.8 Å². The van der Waals surface area contributed by atoms with E-state index in [1.807, 2.05) is 19.9 Å². The van der Waals surface area contributed by atoms with E-state index in [4.69, 9.17) is 16.6 Å². The fourth-order valence-electron chi connectivity index (χ4n) is 1.36. The number of hydrogen-bond donors (Lipinski definition) is 1. The van der Waals surface area contributed by atoms with Crippen LogP contribution in [0.4, 0.5) is 0 Å². The Bertz CT molecular complexity index is 412. The molecule has 1 heterocycles. The van der Waals surface area contributed by atoms with Crippen LogP contribution in [0.5, 0.6) is 0 Å². The molecule has 0 spiro atoms. The molecule has 1 unspecified atom stereocenters. The quantitative estimate of drug-likeness (QED) is 0.529. The maximum atomic E-state index is 5.33. The molecule has 82 valence electrons. The molecule has 1 aromatic heterocycles. The summed E-state index contributed by atoms with van der Waals surface area (Å²) in [6.45, 7) is 6.14. The van der Waals surface area contributed by atoms with Crippen LogP contribution in [0.2, 0.25) is 0 Å². The summed E-state index contributed by atoms with van der Waals surface area (Å²) in [4.78, 5) is 3.48. The van der Waals surface area contributed by atoms with Gasteiger partial charge in [-0.15, -0.1) is 0 Å². The first-order chi connectivity index (χ1) is 7.25. The highest BCUT2D eigenvalue weighted by atomic mass is 32.1. The molecule has 1 atom stereocenters. The molecule has 2 nitrogen and oxygen atoms in total. The molecule has 0 aromatic carbocycles.